The fourth-order valence-electron chi connectivity index (χ4n) is 1.81. The first-order chi connectivity index (χ1) is 7.36. The molecule has 16 heavy (non-hydrogen) atoms. The maximum Gasteiger partial charge on any atom is 0.224 e. The topological polar surface area (TPSA) is 41.1 Å². The highest BCUT2D eigenvalue weighted by Crippen LogP contribution is 2.07. The molecule has 3 nitrogen and oxygen atoms in total. The van der Waals surface area contributed by atoms with E-state index in [1.54, 1.807) is 0 Å². The molecule has 1 atom stereocenters. The number of nitrogens with one attached hydrogen (secondary N) is 2. The second-order valence-corrected chi connectivity index (χ2v) is 3.89. The van der Waals surface area contributed by atoms with E-state index in [2.05, 4.69) is 10.6 Å². The number of amides is 1. The smallest absolute Gasteiger partial charge is 0.224 e. The molecule has 1 aliphatic heterocycles. The minimum absolute atomic E-state index is 0. The molecule has 1 amide bonds. The molecule has 0 spiro atoms. The van der Waals surface area contributed by atoms with Gasteiger partial charge in [-0.15, -0.1) is 12.4 Å². The average molecular weight is 241 g/mol. The van der Waals surface area contributed by atoms with E-state index in [9.17, 15) is 4.79 Å². The first-order valence-corrected chi connectivity index (χ1v) is 5.38. The van der Waals surface area contributed by atoms with Gasteiger partial charge in [-0.1, -0.05) is 30.3 Å². The summed E-state index contributed by atoms with van der Waals surface area (Å²) >= 11 is 0. The molecule has 0 saturated carbocycles. The van der Waals surface area contributed by atoms with Crippen molar-refractivity contribution in [2.75, 3.05) is 13.1 Å². The number of rotatable bonds is 3. The molecule has 0 aromatic heterocycles. The lowest BCUT2D eigenvalue weighted by atomic mass is 10.1. The van der Waals surface area contributed by atoms with Crippen LogP contribution in [0.3, 0.4) is 0 Å². The molecule has 88 valence electrons. The van der Waals surface area contributed by atoms with Gasteiger partial charge >= 0.3 is 0 Å². The minimum atomic E-state index is 0. The van der Waals surface area contributed by atoms with Crippen LogP contribution in [0.25, 0.3) is 0 Å². The van der Waals surface area contributed by atoms with E-state index >= 15 is 0 Å². The molecule has 1 saturated heterocycles. The highest BCUT2D eigenvalue weighted by molar-refractivity contribution is 5.85. The Morgan fingerprint density at radius 1 is 1.38 bits per heavy atom. The third kappa shape index (κ3) is 3.51. The molecule has 2 rings (SSSR count). The van der Waals surface area contributed by atoms with Crippen LogP contribution in [0.2, 0.25) is 0 Å². The van der Waals surface area contributed by atoms with Crippen molar-refractivity contribution in [3.8, 4) is 0 Å². The van der Waals surface area contributed by atoms with Crippen LogP contribution < -0.4 is 10.6 Å². The van der Waals surface area contributed by atoms with Gasteiger partial charge in [0.15, 0.2) is 0 Å². The predicted octanol–water partition coefficient (Wildman–Crippen LogP) is 1.33. The average Bonchev–Trinajstić information content (AvgIpc) is 2.81. The zero-order chi connectivity index (χ0) is 10.5. The van der Waals surface area contributed by atoms with Crippen LogP contribution in [-0.2, 0) is 11.3 Å². The Bertz CT molecular complexity index is 323. The first kappa shape index (κ1) is 13.0. The summed E-state index contributed by atoms with van der Waals surface area (Å²) in [6.07, 6.45) is 0.959. The highest BCUT2D eigenvalue weighted by Gasteiger charge is 2.21. The minimum Gasteiger partial charge on any atom is -0.352 e. The van der Waals surface area contributed by atoms with Crippen molar-refractivity contribution in [1.29, 1.82) is 0 Å². The SMILES string of the molecule is Cl.O=C(NCc1ccccc1)C1CCNC1. The molecule has 1 fully saturated rings. The lowest BCUT2D eigenvalue weighted by molar-refractivity contribution is -0.124. The molecule has 2 N–H and O–H groups in total. The largest absolute Gasteiger partial charge is 0.352 e. The standard InChI is InChI=1S/C12H16N2O.ClH/c15-12(11-6-7-13-9-11)14-8-10-4-2-1-3-5-10;/h1-5,11,13H,6-9H2,(H,14,15);1H. The lowest BCUT2D eigenvalue weighted by Crippen LogP contribution is -2.31. The zero-order valence-corrected chi connectivity index (χ0v) is 9.93. The van der Waals surface area contributed by atoms with Crippen LogP contribution in [0.1, 0.15) is 12.0 Å². The van der Waals surface area contributed by atoms with E-state index < -0.39 is 0 Å². The van der Waals surface area contributed by atoms with Gasteiger partial charge in [0.05, 0.1) is 5.92 Å². The van der Waals surface area contributed by atoms with Crippen molar-refractivity contribution in [2.24, 2.45) is 5.92 Å². The summed E-state index contributed by atoms with van der Waals surface area (Å²) in [5.41, 5.74) is 1.15. The summed E-state index contributed by atoms with van der Waals surface area (Å²) in [4.78, 5) is 11.7. The third-order valence-corrected chi connectivity index (χ3v) is 2.74. The number of carbonyl (C=O) groups is 1. The normalized spacial score (nSPS) is 18.9. The Labute approximate surface area is 102 Å². The van der Waals surface area contributed by atoms with E-state index in [4.69, 9.17) is 0 Å². The maximum absolute atomic E-state index is 11.7. The van der Waals surface area contributed by atoms with E-state index in [1.807, 2.05) is 30.3 Å². The van der Waals surface area contributed by atoms with Gasteiger partial charge in [0, 0.05) is 13.1 Å². The quantitative estimate of drug-likeness (QED) is 0.837. The van der Waals surface area contributed by atoms with Crippen LogP contribution in [0.15, 0.2) is 30.3 Å². The molecule has 1 unspecified atom stereocenters. The van der Waals surface area contributed by atoms with Crippen LogP contribution in [0, 0.1) is 5.92 Å². The fourth-order valence-corrected chi connectivity index (χ4v) is 1.81. The van der Waals surface area contributed by atoms with Gasteiger partial charge in [0.2, 0.25) is 5.91 Å². The number of benzene rings is 1. The van der Waals surface area contributed by atoms with Crippen LogP contribution >= 0.6 is 12.4 Å². The van der Waals surface area contributed by atoms with Crippen molar-refractivity contribution in [3.05, 3.63) is 35.9 Å². The Morgan fingerprint density at radius 3 is 2.75 bits per heavy atom. The Hall–Kier alpha value is -1.06. The van der Waals surface area contributed by atoms with Gasteiger partial charge in [-0.3, -0.25) is 4.79 Å². The molecular weight excluding hydrogens is 224 g/mol. The predicted molar refractivity (Wildman–Crippen MR) is 66.5 cm³/mol. The first-order valence-electron chi connectivity index (χ1n) is 5.38. The highest BCUT2D eigenvalue weighted by atomic mass is 35.5. The number of hydrogen-bond acceptors (Lipinski definition) is 2. The summed E-state index contributed by atoms with van der Waals surface area (Å²) in [5, 5.41) is 6.15. The van der Waals surface area contributed by atoms with Crippen molar-refractivity contribution in [1.82, 2.24) is 10.6 Å². The zero-order valence-electron chi connectivity index (χ0n) is 9.11. The van der Waals surface area contributed by atoms with Gasteiger partial charge in [0.25, 0.3) is 0 Å². The molecule has 4 heteroatoms. The van der Waals surface area contributed by atoms with E-state index in [1.165, 1.54) is 0 Å². The molecule has 1 aliphatic rings. The van der Waals surface area contributed by atoms with Crippen LogP contribution in [-0.4, -0.2) is 19.0 Å². The fraction of sp³-hybridized carbons (Fsp3) is 0.417. The number of carbonyl (C=O) groups excluding carboxylic acids is 1. The van der Waals surface area contributed by atoms with E-state index in [-0.39, 0.29) is 24.2 Å². The molecule has 0 aliphatic carbocycles. The second kappa shape index (κ2) is 6.51. The lowest BCUT2D eigenvalue weighted by Gasteiger charge is -2.09. The summed E-state index contributed by atoms with van der Waals surface area (Å²) in [7, 11) is 0. The molecule has 0 radical (unpaired) electrons. The number of halogens is 1. The van der Waals surface area contributed by atoms with Crippen molar-refractivity contribution < 1.29 is 4.79 Å². The second-order valence-electron chi connectivity index (χ2n) is 3.89. The van der Waals surface area contributed by atoms with Crippen LogP contribution in [0.4, 0.5) is 0 Å². The Balaban J connectivity index is 0.00000128. The van der Waals surface area contributed by atoms with Gasteiger partial charge in [-0.2, -0.15) is 0 Å². The molecule has 1 aromatic carbocycles. The molecule has 1 heterocycles. The van der Waals surface area contributed by atoms with Gasteiger partial charge in [-0.25, -0.2) is 0 Å². The van der Waals surface area contributed by atoms with Crippen molar-refractivity contribution in [3.63, 3.8) is 0 Å². The van der Waals surface area contributed by atoms with E-state index in [0.717, 1.165) is 25.1 Å². The number of hydrogen-bond donors (Lipinski definition) is 2. The molecular formula is C12H17ClN2O. The molecule has 0 bridgehead atoms. The summed E-state index contributed by atoms with van der Waals surface area (Å²) in [6.45, 7) is 2.42. The van der Waals surface area contributed by atoms with Crippen molar-refractivity contribution in [2.45, 2.75) is 13.0 Å². The maximum atomic E-state index is 11.7. The Kier molecular flexibility index (Phi) is 5.29. The van der Waals surface area contributed by atoms with E-state index in [0.29, 0.717) is 6.54 Å². The van der Waals surface area contributed by atoms with Gasteiger partial charge < -0.3 is 10.6 Å². The van der Waals surface area contributed by atoms with Crippen molar-refractivity contribution >= 4 is 18.3 Å². The molecule has 1 aromatic rings. The van der Waals surface area contributed by atoms with Gasteiger partial charge in [0.1, 0.15) is 0 Å². The third-order valence-electron chi connectivity index (χ3n) is 2.74. The van der Waals surface area contributed by atoms with Gasteiger partial charge in [-0.05, 0) is 18.5 Å². The summed E-state index contributed by atoms with van der Waals surface area (Å²) < 4.78 is 0. The summed E-state index contributed by atoms with van der Waals surface area (Å²) in [5.74, 6) is 0.331. The Morgan fingerprint density at radius 2 is 2.12 bits per heavy atom. The summed E-state index contributed by atoms with van der Waals surface area (Å²) in [6, 6.07) is 9.99. The monoisotopic (exact) mass is 240 g/mol. The van der Waals surface area contributed by atoms with Crippen LogP contribution in [0.5, 0.6) is 0 Å².